The second-order valence-electron chi connectivity index (χ2n) is 4.04. The molecule has 1 aliphatic rings. The molecule has 2 N–H and O–H groups in total. The molecular formula is C12H13BrN2OS. The smallest absolute Gasteiger partial charge is 0.255 e. The lowest BCUT2D eigenvalue weighted by Gasteiger charge is -2.24. The van der Waals surface area contributed by atoms with Crippen LogP contribution >= 0.6 is 28.1 Å². The highest BCUT2D eigenvalue weighted by molar-refractivity contribution is 9.10. The molecule has 1 unspecified atom stereocenters. The average molecular weight is 313 g/mol. The van der Waals surface area contributed by atoms with Crippen LogP contribution in [0, 0.1) is 0 Å². The van der Waals surface area contributed by atoms with Gasteiger partial charge in [0, 0.05) is 11.0 Å². The zero-order chi connectivity index (χ0) is 12.4. The third-order valence-corrected chi connectivity index (χ3v) is 3.91. The molecule has 17 heavy (non-hydrogen) atoms. The van der Waals surface area contributed by atoms with Gasteiger partial charge in [-0.15, -0.1) is 0 Å². The molecule has 0 spiro atoms. The highest BCUT2D eigenvalue weighted by atomic mass is 79.9. The van der Waals surface area contributed by atoms with Crippen LogP contribution in [-0.2, 0) is 0 Å². The van der Waals surface area contributed by atoms with E-state index in [1.165, 1.54) is 0 Å². The van der Waals surface area contributed by atoms with E-state index in [2.05, 4.69) is 15.9 Å². The molecule has 3 nitrogen and oxygen atoms in total. The van der Waals surface area contributed by atoms with Crippen LogP contribution in [0.4, 0.5) is 0 Å². The molecule has 90 valence electrons. The molecule has 1 heterocycles. The molecule has 1 aromatic rings. The maximum absolute atomic E-state index is 12.4. The molecule has 5 heteroatoms. The van der Waals surface area contributed by atoms with E-state index < -0.39 is 0 Å². The number of hydrogen-bond donors (Lipinski definition) is 1. The molecule has 1 atom stereocenters. The summed E-state index contributed by atoms with van der Waals surface area (Å²) in [7, 11) is 0. The number of rotatable bonds is 2. The van der Waals surface area contributed by atoms with E-state index in [0.29, 0.717) is 10.6 Å². The van der Waals surface area contributed by atoms with Crippen molar-refractivity contribution in [1.29, 1.82) is 0 Å². The summed E-state index contributed by atoms with van der Waals surface area (Å²) >= 11 is 8.40. The molecule has 1 amide bonds. The molecule has 1 saturated heterocycles. The van der Waals surface area contributed by atoms with Gasteiger partial charge in [0.05, 0.1) is 16.6 Å². The summed E-state index contributed by atoms with van der Waals surface area (Å²) in [5, 5.41) is 0. The molecule has 2 rings (SSSR count). The lowest BCUT2D eigenvalue weighted by atomic mass is 10.1. The quantitative estimate of drug-likeness (QED) is 0.853. The standard InChI is InChI=1S/C12H13BrN2OS/c13-9-5-2-1-4-8(9)12(16)15-7-3-6-10(15)11(14)17/h1-2,4-5,10H,3,6-7H2,(H2,14,17). The van der Waals surface area contributed by atoms with E-state index in [9.17, 15) is 4.79 Å². The number of hydrogen-bond acceptors (Lipinski definition) is 2. The van der Waals surface area contributed by atoms with Crippen LogP contribution in [0.3, 0.4) is 0 Å². The van der Waals surface area contributed by atoms with Crippen molar-refractivity contribution in [3.05, 3.63) is 34.3 Å². The second kappa shape index (κ2) is 5.14. The van der Waals surface area contributed by atoms with Gasteiger partial charge in [-0.3, -0.25) is 4.79 Å². The Morgan fingerprint density at radius 1 is 1.47 bits per heavy atom. The van der Waals surface area contributed by atoms with E-state index in [4.69, 9.17) is 18.0 Å². The van der Waals surface area contributed by atoms with Gasteiger partial charge in [-0.25, -0.2) is 0 Å². The molecule has 1 aromatic carbocycles. The van der Waals surface area contributed by atoms with Crippen LogP contribution < -0.4 is 5.73 Å². The number of halogens is 1. The molecule has 0 bridgehead atoms. The minimum atomic E-state index is -0.0930. The van der Waals surface area contributed by atoms with Crippen molar-refractivity contribution in [2.24, 2.45) is 5.73 Å². The minimum absolute atomic E-state index is 0.00669. The highest BCUT2D eigenvalue weighted by Crippen LogP contribution is 2.24. The first-order chi connectivity index (χ1) is 8.11. The largest absolute Gasteiger partial charge is 0.392 e. The van der Waals surface area contributed by atoms with Crippen molar-refractivity contribution in [3.63, 3.8) is 0 Å². The summed E-state index contributed by atoms with van der Waals surface area (Å²) in [4.78, 5) is 14.5. The number of benzene rings is 1. The van der Waals surface area contributed by atoms with Crippen molar-refractivity contribution >= 4 is 39.0 Å². The Bertz CT molecular complexity index is 464. The van der Waals surface area contributed by atoms with Gasteiger partial charge < -0.3 is 10.6 Å². The number of carbonyl (C=O) groups is 1. The van der Waals surface area contributed by atoms with Gasteiger partial charge in [0.25, 0.3) is 5.91 Å². The summed E-state index contributed by atoms with van der Waals surface area (Å²) in [5.41, 5.74) is 6.33. The molecule has 1 fully saturated rings. The fourth-order valence-electron chi connectivity index (χ4n) is 2.09. The van der Waals surface area contributed by atoms with Crippen molar-refractivity contribution < 1.29 is 4.79 Å². The third kappa shape index (κ3) is 2.50. The SMILES string of the molecule is NC(=S)C1CCCN1C(=O)c1ccccc1Br. The van der Waals surface area contributed by atoms with Gasteiger partial charge in [-0.2, -0.15) is 0 Å². The van der Waals surface area contributed by atoms with E-state index in [1.807, 2.05) is 18.2 Å². The Labute approximate surface area is 114 Å². The van der Waals surface area contributed by atoms with Crippen molar-refractivity contribution in [3.8, 4) is 0 Å². The second-order valence-corrected chi connectivity index (χ2v) is 5.36. The molecular weight excluding hydrogens is 300 g/mol. The van der Waals surface area contributed by atoms with Crippen molar-refractivity contribution in [2.45, 2.75) is 18.9 Å². The summed E-state index contributed by atoms with van der Waals surface area (Å²) in [6, 6.07) is 7.31. The Morgan fingerprint density at radius 2 is 2.18 bits per heavy atom. The molecule has 0 aromatic heterocycles. The predicted octanol–water partition coefficient (Wildman–Crippen LogP) is 2.34. The fourth-order valence-corrected chi connectivity index (χ4v) is 2.79. The number of nitrogens with two attached hydrogens (primary N) is 1. The van der Waals surface area contributed by atoms with E-state index in [-0.39, 0.29) is 11.9 Å². The maximum atomic E-state index is 12.4. The van der Waals surface area contributed by atoms with Crippen LogP contribution in [0.5, 0.6) is 0 Å². The number of carbonyl (C=O) groups excluding carboxylic acids is 1. The first-order valence-electron chi connectivity index (χ1n) is 5.46. The summed E-state index contributed by atoms with van der Waals surface area (Å²) < 4.78 is 0.804. The minimum Gasteiger partial charge on any atom is -0.392 e. The Kier molecular flexibility index (Phi) is 3.79. The zero-order valence-corrected chi connectivity index (χ0v) is 11.6. The summed E-state index contributed by atoms with van der Waals surface area (Å²) in [6.07, 6.45) is 1.82. The number of nitrogens with zero attached hydrogens (tertiary/aromatic N) is 1. The summed E-state index contributed by atoms with van der Waals surface area (Å²) in [5.74, 6) is -0.00669. The van der Waals surface area contributed by atoms with Gasteiger partial charge in [0.15, 0.2) is 0 Å². The Morgan fingerprint density at radius 3 is 2.82 bits per heavy atom. The Hall–Kier alpha value is -0.940. The number of amides is 1. The van der Waals surface area contributed by atoms with E-state index in [0.717, 1.165) is 23.9 Å². The number of likely N-dealkylation sites (tertiary alicyclic amines) is 1. The lowest BCUT2D eigenvalue weighted by Crippen LogP contribution is -2.42. The number of thiocarbonyl (C=S) groups is 1. The van der Waals surface area contributed by atoms with Crippen LogP contribution in [-0.4, -0.2) is 28.4 Å². The van der Waals surface area contributed by atoms with Gasteiger partial charge in [0.2, 0.25) is 0 Å². The van der Waals surface area contributed by atoms with Crippen LogP contribution in [0.1, 0.15) is 23.2 Å². The highest BCUT2D eigenvalue weighted by Gasteiger charge is 2.31. The predicted molar refractivity (Wildman–Crippen MR) is 75.0 cm³/mol. The fraction of sp³-hybridized carbons (Fsp3) is 0.333. The third-order valence-electron chi connectivity index (χ3n) is 2.95. The molecule has 0 saturated carbocycles. The van der Waals surface area contributed by atoms with E-state index in [1.54, 1.807) is 11.0 Å². The van der Waals surface area contributed by atoms with Gasteiger partial charge in [-0.05, 0) is 40.9 Å². The molecule has 0 radical (unpaired) electrons. The Balaban J connectivity index is 2.26. The van der Waals surface area contributed by atoms with Crippen molar-refractivity contribution in [2.75, 3.05) is 6.54 Å². The normalized spacial score (nSPS) is 19.4. The van der Waals surface area contributed by atoms with Crippen LogP contribution in [0.2, 0.25) is 0 Å². The van der Waals surface area contributed by atoms with Gasteiger partial charge >= 0.3 is 0 Å². The first-order valence-corrected chi connectivity index (χ1v) is 6.66. The average Bonchev–Trinajstić information content (AvgIpc) is 2.77. The lowest BCUT2D eigenvalue weighted by molar-refractivity contribution is 0.0769. The zero-order valence-electron chi connectivity index (χ0n) is 9.23. The summed E-state index contributed by atoms with van der Waals surface area (Å²) in [6.45, 7) is 0.724. The monoisotopic (exact) mass is 312 g/mol. The molecule has 1 aliphatic heterocycles. The van der Waals surface area contributed by atoms with E-state index >= 15 is 0 Å². The van der Waals surface area contributed by atoms with Crippen LogP contribution in [0.25, 0.3) is 0 Å². The maximum Gasteiger partial charge on any atom is 0.255 e. The van der Waals surface area contributed by atoms with Crippen LogP contribution in [0.15, 0.2) is 28.7 Å². The molecule has 0 aliphatic carbocycles. The van der Waals surface area contributed by atoms with Gasteiger partial charge in [0.1, 0.15) is 0 Å². The topological polar surface area (TPSA) is 46.3 Å². The van der Waals surface area contributed by atoms with Gasteiger partial charge in [-0.1, -0.05) is 24.4 Å². The van der Waals surface area contributed by atoms with Crippen molar-refractivity contribution in [1.82, 2.24) is 4.90 Å². The first kappa shape index (κ1) is 12.5.